The molecular formula is C16H15N. The molecule has 2 heterocycles. The Morgan fingerprint density at radius 2 is 1.88 bits per heavy atom. The second-order valence-electron chi connectivity index (χ2n) is 4.93. The maximum absolute atomic E-state index is 2.52. The maximum atomic E-state index is 2.52. The standard InChI is InChI=1S/C16H15N/c1-2-5-13-12(4-1)7-8-15-14(13)9-11-17-10-3-6-16(15)17/h1-2,4-8H,3,9-11H2. The summed E-state index contributed by atoms with van der Waals surface area (Å²) in [5.41, 5.74) is 4.48. The number of benzene rings is 2. The van der Waals surface area contributed by atoms with Gasteiger partial charge in [0.25, 0.3) is 0 Å². The van der Waals surface area contributed by atoms with Crippen molar-refractivity contribution in [3.8, 4) is 0 Å². The molecule has 2 aromatic carbocycles. The first-order valence-corrected chi connectivity index (χ1v) is 6.39. The molecule has 0 amide bonds. The quantitative estimate of drug-likeness (QED) is 0.658. The molecule has 0 aromatic heterocycles. The van der Waals surface area contributed by atoms with Gasteiger partial charge in [-0.3, -0.25) is 0 Å². The van der Waals surface area contributed by atoms with Gasteiger partial charge < -0.3 is 4.90 Å². The van der Waals surface area contributed by atoms with E-state index in [4.69, 9.17) is 0 Å². The summed E-state index contributed by atoms with van der Waals surface area (Å²) in [6.45, 7) is 2.40. The number of hydrogen-bond acceptors (Lipinski definition) is 1. The van der Waals surface area contributed by atoms with Crippen molar-refractivity contribution in [1.82, 2.24) is 4.90 Å². The van der Waals surface area contributed by atoms with Crippen LogP contribution in [0.25, 0.3) is 16.5 Å². The molecular weight excluding hydrogens is 206 g/mol. The highest BCUT2D eigenvalue weighted by molar-refractivity contribution is 5.91. The van der Waals surface area contributed by atoms with Gasteiger partial charge in [0.2, 0.25) is 0 Å². The number of fused-ring (bicyclic) bond motifs is 5. The van der Waals surface area contributed by atoms with Crippen molar-refractivity contribution in [2.24, 2.45) is 0 Å². The first-order chi connectivity index (χ1) is 8.43. The normalized spacial score (nSPS) is 17.9. The van der Waals surface area contributed by atoms with Crippen molar-refractivity contribution in [3.63, 3.8) is 0 Å². The average Bonchev–Trinajstić information content (AvgIpc) is 2.86. The molecule has 1 heteroatoms. The van der Waals surface area contributed by atoms with E-state index in [0.29, 0.717) is 0 Å². The molecule has 0 radical (unpaired) electrons. The Labute approximate surface area is 101 Å². The molecule has 0 unspecified atom stereocenters. The van der Waals surface area contributed by atoms with Gasteiger partial charge in [-0.05, 0) is 29.2 Å². The number of hydrogen-bond donors (Lipinski definition) is 0. The van der Waals surface area contributed by atoms with E-state index in [-0.39, 0.29) is 0 Å². The van der Waals surface area contributed by atoms with Crippen LogP contribution in [0.3, 0.4) is 0 Å². The first-order valence-electron chi connectivity index (χ1n) is 6.39. The zero-order valence-electron chi connectivity index (χ0n) is 9.82. The van der Waals surface area contributed by atoms with E-state index in [0.717, 1.165) is 0 Å². The molecule has 0 saturated carbocycles. The predicted octanol–water partition coefficient (Wildman–Crippen LogP) is 3.44. The highest BCUT2D eigenvalue weighted by atomic mass is 15.2. The van der Waals surface area contributed by atoms with Crippen molar-refractivity contribution in [2.75, 3.05) is 13.1 Å². The maximum Gasteiger partial charge on any atom is 0.0403 e. The Morgan fingerprint density at radius 3 is 2.88 bits per heavy atom. The van der Waals surface area contributed by atoms with E-state index < -0.39 is 0 Å². The second-order valence-corrected chi connectivity index (χ2v) is 4.93. The smallest absolute Gasteiger partial charge is 0.0403 e. The minimum Gasteiger partial charge on any atom is -0.371 e. The summed E-state index contributed by atoms with van der Waals surface area (Å²) in [5, 5.41) is 2.82. The van der Waals surface area contributed by atoms with Gasteiger partial charge in [-0.2, -0.15) is 0 Å². The summed E-state index contributed by atoms with van der Waals surface area (Å²) in [5.74, 6) is 0. The molecule has 0 fully saturated rings. The van der Waals surface area contributed by atoms with Crippen LogP contribution in [-0.4, -0.2) is 18.0 Å². The third-order valence-electron chi connectivity index (χ3n) is 4.03. The zero-order chi connectivity index (χ0) is 11.2. The lowest BCUT2D eigenvalue weighted by molar-refractivity contribution is 0.419. The Balaban J connectivity index is 2.03. The molecule has 0 bridgehead atoms. The minimum absolute atomic E-state index is 1.19. The summed E-state index contributed by atoms with van der Waals surface area (Å²) >= 11 is 0. The predicted molar refractivity (Wildman–Crippen MR) is 71.8 cm³/mol. The van der Waals surface area contributed by atoms with Crippen molar-refractivity contribution < 1.29 is 0 Å². The van der Waals surface area contributed by atoms with E-state index in [1.165, 1.54) is 48.0 Å². The molecule has 2 aliphatic rings. The molecule has 0 atom stereocenters. The van der Waals surface area contributed by atoms with Crippen LogP contribution in [0.4, 0.5) is 0 Å². The summed E-state index contributed by atoms with van der Waals surface area (Å²) in [7, 11) is 0. The van der Waals surface area contributed by atoms with Crippen molar-refractivity contribution in [2.45, 2.75) is 12.8 Å². The van der Waals surface area contributed by atoms with Gasteiger partial charge in [0, 0.05) is 24.4 Å². The Morgan fingerprint density at radius 1 is 0.941 bits per heavy atom. The molecule has 0 aliphatic carbocycles. The van der Waals surface area contributed by atoms with Crippen molar-refractivity contribution in [1.29, 1.82) is 0 Å². The van der Waals surface area contributed by atoms with Crippen LogP contribution in [0.2, 0.25) is 0 Å². The van der Waals surface area contributed by atoms with E-state index in [2.05, 4.69) is 47.4 Å². The largest absolute Gasteiger partial charge is 0.371 e. The summed E-state index contributed by atoms with van der Waals surface area (Å²) < 4.78 is 0. The Hall–Kier alpha value is -1.76. The molecule has 17 heavy (non-hydrogen) atoms. The third-order valence-corrected chi connectivity index (χ3v) is 4.03. The Kier molecular flexibility index (Phi) is 1.84. The molecule has 4 rings (SSSR count). The van der Waals surface area contributed by atoms with Crippen LogP contribution >= 0.6 is 0 Å². The monoisotopic (exact) mass is 221 g/mol. The van der Waals surface area contributed by atoms with E-state index in [9.17, 15) is 0 Å². The van der Waals surface area contributed by atoms with Gasteiger partial charge in [0.05, 0.1) is 0 Å². The fourth-order valence-electron chi connectivity index (χ4n) is 3.21. The summed E-state index contributed by atoms with van der Waals surface area (Å²) in [6.07, 6.45) is 4.79. The van der Waals surface area contributed by atoms with Crippen LogP contribution < -0.4 is 0 Å². The highest BCUT2D eigenvalue weighted by Gasteiger charge is 2.24. The fraction of sp³-hybridized carbons (Fsp3) is 0.250. The van der Waals surface area contributed by atoms with Crippen molar-refractivity contribution in [3.05, 3.63) is 53.6 Å². The zero-order valence-corrected chi connectivity index (χ0v) is 9.82. The van der Waals surface area contributed by atoms with Crippen LogP contribution in [0, 0.1) is 0 Å². The van der Waals surface area contributed by atoms with Gasteiger partial charge in [0.1, 0.15) is 0 Å². The Bertz CT molecular complexity index is 624. The number of nitrogens with zero attached hydrogens (tertiary/aromatic N) is 1. The van der Waals surface area contributed by atoms with Gasteiger partial charge in [-0.1, -0.05) is 42.5 Å². The highest BCUT2D eigenvalue weighted by Crippen LogP contribution is 2.36. The van der Waals surface area contributed by atoms with E-state index >= 15 is 0 Å². The topological polar surface area (TPSA) is 3.24 Å². The molecule has 2 aliphatic heterocycles. The van der Waals surface area contributed by atoms with Crippen molar-refractivity contribution >= 4 is 16.5 Å². The number of rotatable bonds is 0. The van der Waals surface area contributed by atoms with Crippen LogP contribution in [0.1, 0.15) is 17.5 Å². The first kappa shape index (κ1) is 9.29. The lowest BCUT2D eigenvalue weighted by atomic mass is 9.92. The fourth-order valence-corrected chi connectivity index (χ4v) is 3.21. The van der Waals surface area contributed by atoms with E-state index in [1.54, 1.807) is 5.56 Å². The third kappa shape index (κ3) is 1.25. The van der Waals surface area contributed by atoms with Crippen LogP contribution in [0.5, 0.6) is 0 Å². The minimum atomic E-state index is 1.19. The molecule has 1 nitrogen and oxygen atoms in total. The summed E-state index contributed by atoms with van der Waals surface area (Å²) in [4.78, 5) is 2.52. The van der Waals surface area contributed by atoms with Gasteiger partial charge in [-0.25, -0.2) is 0 Å². The van der Waals surface area contributed by atoms with Gasteiger partial charge in [-0.15, -0.1) is 0 Å². The van der Waals surface area contributed by atoms with Crippen LogP contribution in [0.15, 0.2) is 42.5 Å². The van der Waals surface area contributed by atoms with E-state index in [1.807, 2.05) is 0 Å². The lowest BCUT2D eigenvalue weighted by Crippen LogP contribution is -2.26. The average molecular weight is 221 g/mol. The molecule has 0 N–H and O–H groups in total. The molecule has 0 spiro atoms. The second kappa shape index (κ2) is 3.36. The van der Waals surface area contributed by atoms with Crippen LogP contribution in [-0.2, 0) is 6.42 Å². The SMILES string of the molecule is C1=C2c3ccc4ccccc4c3CCN2CC1. The molecule has 84 valence electrons. The molecule has 2 aromatic rings. The lowest BCUT2D eigenvalue weighted by Gasteiger charge is -2.30. The van der Waals surface area contributed by atoms with Gasteiger partial charge >= 0.3 is 0 Å². The molecule has 0 saturated heterocycles. The summed E-state index contributed by atoms with van der Waals surface area (Å²) in [6, 6.07) is 13.3. The van der Waals surface area contributed by atoms with Gasteiger partial charge in [0.15, 0.2) is 0 Å².